The summed E-state index contributed by atoms with van der Waals surface area (Å²) in [5, 5.41) is 0. The van der Waals surface area contributed by atoms with Gasteiger partial charge in [-0.3, -0.25) is 0 Å². The van der Waals surface area contributed by atoms with Gasteiger partial charge in [0.25, 0.3) is 0 Å². The topological polar surface area (TPSA) is 25.8 Å². The Bertz CT molecular complexity index is 411. The average molecular weight is 249 g/mol. The van der Waals surface area contributed by atoms with Gasteiger partial charge in [0, 0.05) is 16.2 Å². The van der Waals surface area contributed by atoms with E-state index in [2.05, 4.69) is 25.9 Å². The Morgan fingerprint density at radius 2 is 2.07 bits per heavy atom. The van der Waals surface area contributed by atoms with Gasteiger partial charge >= 0.3 is 0 Å². The van der Waals surface area contributed by atoms with Crippen molar-refractivity contribution in [3.8, 4) is 11.3 Å². The minimum absolute atomic E-state index is 0.794. The van der Waals surface area contributed by atoms with E-state index in [1.165, 1.54) is 0 Å². The zero-order chi connectivity index (χ0) is 9.97. The first-order chi connectivity index (χ1) is 6.75. The number of rotatable bonds is 1. The summed E-state index contributed by atoms with van der Waals surface area (Å²) < 4.78 is 1.06. The zero-order valence-corrected chi connectivity index (χ0v) is 9.32. The van der Waals surface area contributed by atoms with E-state index in [9.17, 15) is 0 Å². The number of aryl methyl sites for hydroxylation is 1. The molecule has 0 bridgehead atoms. The highest BCUT2D eigenvalue weighted by atomic mass is 79.9. The van der Waals surface area contributed by atoms with Crippen LogP contribution in [0.15, 0.2) is 41.0 Å². The molecule has 0 amide bonds. The molecule has 0 atom stereocenters. The van der Waals surface area contributed by atoms with E-state index in [1.54, 1.807) is 6.20 Å². The van der Waals surface area contributed by atoms with Gasteiger partial charge in [-0.25, -0.2) is 9.97 Å². The molecular formula is C11H9BrN2. The Balaban J connectivity index is 2.49. The van der Waals surface area contributed by atoms with Gasteiger partial charge in [-0.1, -0.05) is 28.1 Å². The SMILES string of the molecule is Cc1nccc(-c2cccc(Br)c2)n1. The van der Waals surface area contributed by atoms with Crippen LogP contribution in [0.4, 0.5) is 0 Å². The van der Waals surface area contributed by atoms with Gasteiger partial charge in [0.15, 0.2) is 0 Å². The number of benzene rings is 1. The van der Waals surface area contributed by atoms with Crippen LogP contribution in [0.3, 0.4) is 0 Å². The first kappa shape index (κ1) is 9.34. The standard InChI is InChI=1S/C11H9BrN2/c1-8-13-6-5-11(14-8)9-3-2-4-10(12)7-9/h2-7H,1H3. The van der Waals surface area contributed by atoms with Crippen LogP contribution in [0.1, 0.15) is 5.82 Å². The average Bonchev–Trinajstić information content (AvgIpc) is 2.18. The number of nitrogens with zero attached hydrogens (tertiary/aromatic N) is 2. The molecule has 1 heterocycles. The molecule has 1 aromatic carbocycles. The molecule has 0 unspecified atom stereocenters. The summed E-state index contributed by atoms with van der Waals surface area (Å²) in [6, 6.07) is 9.98. The smallest absolute Gasteiger partial charge is 0.125 e. The second kappa shape index (κ2) is 3.88. The molecular weight excluding hydrogens is 240 g/mol. The quantitative estimate of drug-likeness (QED) is 0.775. The first-order valence-corrected chi connectivity index (χ1v) is 5.10. The van der Waals surface area contributed by atoms with E-state index in [0.717, 1.165) is 21.6 Å². The molecule has 2 aromatic rings. The summed E-state index contributed by atoms with van der Waals surface area (Å²) >= 11 is 3.43. The van der Waals surface area contributed by atoms with Crippen molar-refractivity contribution in [1.29, 1.82) is 0 Å². The monoisotopic (exact) mass is 248 g/mol. The van der Waals surface area contributed by atoms with Crippen LogP contribution in [-0.2, 0) is 0 Å². The van der Waals surface area contributed by atoms with Gasteiger partial charge in [-0.2, -0.15) is 0 Å². The van der Waals surface area contributed by atoms with Crippen LogP contribution >= 0.6 is 15.9 Å². The zero-order valence-electron chi connectivity index (χ0n) is 7.74. The lowest BCUT2D eigenvalue weighted by atomic mass is 10.1. The van der Waals surface area contributed by atoms with Gasteiger partial charge in [-0.05, 0) is 25.1 Å². The molecule has 0 N–H and O–H groups in total. The molecule has 0 aliphatic rings. The van der Waals surface area contributed by atoms with Crippen molar-refractivity contribution in [2.75, 3.05) is 0 Å². The summed E-state index contributed by atoms with van der Waals surface area (Å²) in [6.07, 6.45) is 1.78. The second-order valence-corrected chi connectivity index (χ2v) is 3.92. The fourth-order valence-electron chi connectivity index (χ4n) is 1.26. The molecule has 2 rings (SSSR count). The Hall–Kier alpha value is -1.22. The van der Waals surface area contributed by atoms with Gasteiger partial charge in [0.2, 0.25) is 0 Å². The van der Waals surface area contributed by atoms with Gasteiger partial charge in [-0.15, -0.1) is 0 Å². The molecule has 3 heteroatoms. The number of halogens is 1. The minimum Gasteiger partial charge on any atom is -0.242 e. The molecule has 0 aliphatic heterocycles. The molecule has 0 spiro atoms. The van der Waals surface area contributed by atoms with E-state index in [0.29, 0.717) is 0 Å². The third kappa shape index (κ3) is 1.99. The first-order valence-electron chi connectivity index (χ1n) is 4.31. The van der Waals surface area contributed by atoms with Crippen molar-refractivity contribution in [2.45, 2.75) is 6.92 Å². The molecule has 0 radical (unpaired) electrons. The van der Waals surface area contributed by atoms with Crippen LogP contribution in [0.2, 0.25) is 0 Å². The predicted octanol–water partition coefficient (Wildman–Crippen LogP) is 3.21. The predicted molar refractivity (Wildman–Crippen MR) is 59.9 cm³/mol. The van der Waals surface area contributed by atoms with Crippen molar-refractivity contribution in [1.82, 2.24) is 9.97 Å². The normalized spacial score (nSPS) is 10.1. The van der Waals surface area contributed by atoms with Crippen LogP contribution in [-0.4, -0.2) is 9.97 Å². The van der Waals surface area contributed by atoms with Crippen molar-refractivity contribution in [3.05, 3.63) is 46.8 Å². The molecule has 0 fully saturated rings. The molecule has 1 aromatic heterocycles. The Morgan fingerprint density at radius 3 is 2.79 bits per heavy atom. The van der Waals surface area contributed by atoms with E-state index in [-0.39, 0.29) is 0 Å². The molecule has 2 nitrogen and oxygen atoms in total. The molecule has 0 saturated heterocycles. The van der Waals surface area contributed by atoms with Crippen LogP contribution in [0.5, 0.6) is 0 Å². The summed E-state index contributed by atoms with van der Waals surface area (Å²) in [5.41, 5.74) is 2.06. The Kier molecular flexibility index (Phi) is 2.59. The number of aromatic nitrogens is 2. The minimum atomic E-state index is 0.794. The van der Waals surface area contributed by atoms with Crippen LogP contribution in [0, 0.1) is 6.92 Å². The van der Waals surface area contributed by atoms with Crippen molar-refractivity contribution in [2.24, 2.45) is 0 Å². The van der Waals surface area contributed by atoms with Gasteiger partial charge in [0.1, 0.15) is 5.82 Å². The van der Waals surface area contributed by atoms with Crippen molar-refractivity contribution < 1.29 is 0 Å². The van der Waals surface area contributed by atoms with Gasteiger partial charge in [0.05, 0.1) is 5.69 Å². The summed E-state index contributed by atoms with van der Waals surface area (Å²) in [5.74, 6) is 0.794. The number of hydrogen-bond acceptors (Lipinski definition) is 2. The largest absolute Gasteiger partial charge is 0.242 e. The second-order valence-electron chi connectivity index (χ2n) is 3.00. The highest BCUT2D eigenvalue weighted by Gasteiger charge is 1.99. The highest BCUT2D eigenvalue weighted by Crippen LogP contribution is 2.20. The van der Waals surface area contributed by atoms with Gasteiger partial charge < -0.3 is 0 Å². The maximum atomic E-state index is 4.35. The maximum Gasteiger partial charge on any atom is 0.125 e. The van der Waals surface area contributed by atoms with E-state index in [4.69, 9.17) is 0 Å². The summed E-state index contributed by atoms with van der Waals surface area (Å²) in [6.45, 7) is 1.89. The fourth-order valence-corrected chi connectivity index (χ4v) is 1.66. The lowest BCUT2D eigenvalue weighted by molar-refractivity contribution is 1.06. The summed E-state index contributed by atoms with van der Waals surface area (Å²) in [7, 11) is 0. The molecule has 70 valence electrons. The highest BCUT2D eigenvalue weighted by molar-refractivity contribution is 9.10. The maximum absolute atomic E-state index is 4.35. The molecule has 0 saturated carbocycles. The third-order valence-corrected chi connectivity index (χ3v) is 2.39. The Labute approximate surface area is 91.2 Å². The van der Waals surface area contributed by atoms with Crippen LogP contribution < -0.4 is 0 Å². The summed E-state index contributed by atoms with van der Waals surface area (Å²) in [4.78, 5) is 8.42. The third-order valence-electron chi connectivity index (χ3n) is 1.90. The molecule has 14 heavy (non-hydrogen) atoms. The fraction of sp³-hybridized carbons (Fsp3) is 0.0909. The lowest BCUT2D eigenvalue weighted by Gasteiger charge is -2.01. The lowest BCUT2D eigenvalue weighted by Crippen LogP contribution is -1.89. The Morgan fingerprint density at radius 1 is 1.21 bits per heavy atom. The molecule has 0 aliphatic carbocycles. The van der Waals surface area contributed by atoms with E-state index in [1.807, 2.05) is 37.3 Å². The number of hydrogen-bond donors (Lipinski definition) is 0. The van der Waals surface area contributed by atoms with E-state index >= 15 is 0 Å². The van der Waals surface area contributed by atoms with E-state index < -0.39 is 0 Å². The van der Waals surface area contributed by atoms with Crippen LogP contribution in [0.25, 0.3) is 11.3 Å². The van der Waals surface area contributed by atoms with Crippen molar-refractivity contribution >= 4 is 15.9 Å². The van der Waals surface area contributed by atoms with Crippen molar-refractivity contribution in [3.63, 3.8) is 0 Å².